The lowest BCUT2D eigenvalue weighted by molar-refractivity contribution is 0.512. The van der Waals surface area contributed by atoms with Crippen LogP contribution in [0.4, 0.5) is 0 Å². The van der Waals surface area contributed by atoms with Crippen LogP contribution in [-0.4, -0.2) is 9.55 Å². The van der Waals surface area contributed by atoms with Gasteiger partial charge in [0.15, 0.2) is 0 Å². The minimum Gasteiger partial charge on any atom is -0.327 e. The van der Waals surface area contributed by atoms with Crippen molar-refractivity contribution >= 4 is 11.0 Å². The highest BCUT2D eigenvalue weighted by Gasteiger charge is 2.11. The molecule has 0 saturated heterocycles. The van der Waals surface area contributed by atoms with Crippen LogP contribution >= 0.6 is 0 Å². The Balaban J connectivity index is 2.50. The molecule has 1 heterocycles. The molecule has 0 fully saturated rings. The number of rotatable bonds is 4. The molecule has 2 N–H and O–H groups in total. The van der Waals surface area contributed by atoms with Crippen molar-refractivity contribution in [3.8, 4) is 0 Å². The third kappa shape index (κ3) is 2.41. The van der Waals surface area contributed by atoms with E-state index in [4.69, 9.17) is 5.73 Å². The molecule has 3 nitrogen and oxygen atoms in total. The lowest BCUT2D eigenvalue weighted by Crippen LogP contribution is -2.10. The monoisotopic (exact) mass is 245 g/mol. The molecule has 1 aromatic carbocycles. The minimum absolute atomic E-state index is 0.505. The second-order valence-corrected chi connectivity index (χ2v) is 5.49. The number of fused-ring (bicyclic) bond motifs is 1. The largest absolute Gasteiger partial charge is 0.327 e. The van der Waals surface area contributed by atoms with Crippen LogP contribution < -0.4 is 5.73 Å². The first-order chi connectivity index (χ1) is 8.52. The van der Waals surface area contributed by atoms with Crippen molar-refractivity contribution in [3.05, 3.63) is 29.1 Å². The van der Waals surface area contributed by atoms with E-state index >= 15 is 0 Å². The van der Waals surface area contributed by atoms with Crippen LogP contribution in [0.25, 0.3) is 11.0 Å². The van der Waals surface area contributed by atoms with Gasteiger partial charge in [-0.15, -0.1) is 0 Å². The zero-order valence-electron chi connectivity index (χ0n) is 11.8. The molecule has 0 unspecified atom stereocenters. The average molecular weight is 245 g/mol. The van der Waals surface area contributed by atoms with Gasteiger partial charge in [-0.1, -0.05) is 13.8 Å². The van der Waals surface area contributed by atoms with E-state index in [2.05, 4.69) is 49.4 Å². The molecule has 2 aromatic rings. The molecule has 0 spiro atoms. The molecular weight excluding hydrogens is 222 g/mol. The van der Waals surface area contributed by atoms with Gasteiger partial charge in [-0.3, -0.25) is 0 Å². The summed E-state index contributed by atoms with van der Waals surface area (Å²) in [4.78, 5) is 4.65. The van der Waals surface area contributed by atoms with Crippen molar-refractivity contribution in [2.45, 2.75) is 47.2 Å². The standard InChI is InChI=1S/C15H23N3/c1-10(2)5-6-18-14-8-12(4)11(3)7-13(14)17-15(18)9-16/h7-8,10H,5-6,9,16H2,1-4H3. The van der Waals surface area contributed by atoms with Crippen molar-refractivity contribution in [2.75, 3.05) is 0 Å². The number of hydrogen-bond donors (Lipinski definition) is 1. The molecule has 0 saturated carbocycles. The average Bonchev–Trinajstić information content (AvgIpc) is 2.64. The smallest absolute Gasteiger partial charge is 0.123 e. The second-order valence-electron chi connectivity index (χ2n) is 5.49. The van der Waals surface area contributed by atoms with Crippen LogP contribution in [0.1, 0.15) is 37.2 Å². The molecular formula is C15H23N3. The molecule has 2 rings (SSSR count). The molecule has 0 radical (unpaired) electrons. The van der Waals surface area contributed by atoms with Crippen LogP contribution in [0.2, 0.25) is 0 Å². The van der Waals surface area contributed by atoms with Gasteiger partial charge in [-0.2, -0.15) is 0 Å². The van der Waals surface area contributed by atoms with Crippen molar-refractivity contribution in [1.82, 2.24) is 9.55 Å². The summed E-state index contributed by atoms with van der Waals surface area (Å²) in [5, 5.41) is 0. The molecule has 3 heteroatoms. The van der Waals surface area contributed by atoms with E-state index in [1.807, 2.05) is 0 Å². The van der Waals surface area contributed by atoms with Gasteiger partial charge in [-0.05, 0) is 49.4 Å². The van der Waals surface area contributed by atoms with Gasteiger partial charge in [0.25, 0.3) is 0 Å². The Morgan fingerprint density at radius 3 is 2.50 bits per heavy atom. The Morgan fingerprint density at radius 2 is 1.89 bits per heavy atom. The van der Waals surface area contributed by atoms with Crippen molar-refractivity contribution in [2.24, 2.45) is 11.7 Å². The third-order valence-electron chi connectivity index (χ3n) is 3.56. The van der Waals surface area contributed by atoms with Gasteiger partial charge in [0.05, 0.1) is 17.6 Å². The molecule has 0 atom stereocenters. The van der Waals surface area contributed by atoms with Crippen molar-refractivity contribution < 1.29 is 0 Å². The summed E-state index contributed by atoms with van der Waals surface area (Å²) in [6, 6.07) is 4.40. The number of nitrogens with two attached hydrogens (primary N) is 1. The Kier molecular flexibility index (Phi) is 3.71. The lowest BCUT2D eigenvalue weighted by Gasteiger charge is -2.10. The van der Waals surface area contributed by atoms with E-state index in [0.717, 1.165) is 24.3 Å². The second kappa shape index (κ2) is 5.11. The van der Waals surface area contributed by atoms with Gasteiger partial charge in [-0.25, -0.2) is 4.98 Å². The summed E-state index contributed by atoms with van der Waals surface area (Å²) in [7, 11) is 0. The highest BCUT2D eigenvalue weighted by Crippen LogP contribution is 2.21. The van der Waals surface area contributed by atoms with E-state index in [1.165, 1.54) is 16.6 Å². The molecule has 0 bridgehead atoms. The van der Waals surface area contributed by atoms with Crippen LogP contribution in [0.5, 0.6) is 0 Å². The highest BCUT2D eigenvalue weighted by molar-refractivity contribution is 5.78. The summed E-state index contributed by atoms with van der Waals surface area (Å²) in [5.41, 5.74) is 10.7. The Bertz CT molecular complexity index is 552. The van der Waals surface area contributed by atoms with E-state index in [9.17, 15) is 0 Å². The molecule has 0 aliphatic heterocycles. The van der Waals surface area contributed by atoms with Crippen LogP contribution in [0.3, 0.4) is 0 Å². The number of nitrogens with zero attached hydrogens (tertiary/aromatic N) is 2. The Labute approximate surface area is 109 Å². The SMILES string of the molecule is Cc1cc2nc(CN)n(CCC(C)C)c2cc1C. The summed E-state index contributed by atoms with van der Waals surface area (Å²) < 4.78 is 2.28. The lowest BCUT2D eigenvalue weighted by atomic mass is 10.1. The van der Waals surface area contributed by atoms with Gasteiger partial charge < -0.3 is 10.3 Å². The van der Waals surface area contributed by atoms with Crippen LogP contribution in [0, 0.1) is 19.8 Å². The van der Waals surface area contributed by atoms with Crippen molar-refractivity contribution in [3.63, 3.8) is 0 Å². The fourth-order valence-corrected chi connectivity index (χ4v) is 2.22. The Morgan fingerprint density at radius 1 is 1.22 bits per heavy atom. The van der Waals surface area contributed by atoms with Gasteiger partial charge in [0.2, 0.25) is 0 Å². The highest BCUT2D eigenvalue weighted by atomic mass is 15.1. The van der Waals surface area contributed by atoms with E-state index < -0.39 is 0 Å². The predicted octanol–water partition coefficient (Wildman–Crippen LogP) is 3.16. The quantitative estimate of drug-likeness (QED) is 0.899. The molecule has 0 amide bonds. The molecule has 0 aliphatic carbocycles. The van der Waals surface area contributed by atoms with Gasteiger partial charge in [0, 0.05) is 6.54 Å². The summed E-state index contributed by atoms with van der Waals surface area (Å²) in [5.74, 6) is 1.69. The van der Waals surface area contributed by atoms with E-state index in [-0.39, 0.29) is 0 Å². The Hall–Kier alpha value is -1.35. The van der Waals surface area contributed by atoms with Crippen LogP contribution in [0.15, 0.2) is 12.1 Å². The first-order valence-corrected chi connectivity index (χ1v) is 6.69. The van der Waals surface area contributed by atoms with E-state index in [1.54, 1.807) is 0 Å². The minimum atomic E-state index is 0.505. The molecule has 1 aromatic heterocycles. The number of benzene rings is 1. The number of aromatic nitrogens is 2. The van der Waals surface area contributed by atoms with E-state index in [0.29, 0.717) is 12.5 Å². The first-order valence-electron chi connectivity index (χ1n) is 6.69. The third-order valence-corrected chi connectivity index (χ3v) is 3.56. The summed E-state index contributed by atoms with van der Waals surface area (Å²) in [6.07, 6.45) is 1.16. The normalized spacial score (nSPS) is 11.7. The molecule has 18 heavy (non-hydrogen) atoms. The van der Waals surface area contributed by atoms with Crippen molar-refractivity contribution in [1.29, 1.82) is 0 Å². The number of imidazole rings is 1. The maximum atomic E-state index is 5.81. The van der Waals surface area contributed by atoms with Gasteiger partial charge >= 0.3 is 0 Å². The fraction of sp³-hybridized carbons (Fsp3) is 0.533. The summed E-state index contributed by atoms with van der Waals surface area (Å²) >= 11 is 0. The first kappa shape index (κ1) is 13.1. The predicted molar refractivity (Wildman–Crippen MR) is 76.6 cm³/mol. The molecule has 98 valence electrons. The fourth-order valence-electron chi connectivity index (χ4n) is 2.22. The zero-order chi connectivity index (χ0) is 13.3. The maximum Gasteiger partial charge on any atom is 0.123 e. The zero-order valence-corrected chi connectivity index (χ0v) is 11.8. The number of hydrogen-bond acceptors (Lipinski definition) is 2. The number of aryl methyl sites for hydroxylation is 3. The molecule has 0 aliphatic rings. The maximum absolute atomic E-state index is 5.81. The topological polar surface area (TPSA) is 43.8 Å². The summed E-state index contributed by atoms with van der Waals surface area (Å²) in [6.45, 7) is 10.3. The van der Waals surface area contributed by atoms with Gasteiger partial charge in [0.1, 0.15) is 5.82 Å². The van der Waals surface area contributed by atoms with Crippen LogP contribution in [-0.2, 0) is 13.1 Å².